The highest BCUT2D eigenvalue weighted by Crippen LogP contribution is 2.32. The SMILES string of the molecule is Cc1cccc(-c2ncc(CNCC3(c4ccc(F)cc4)CCOC3)cn2)c1. The van der Waals surface area contributed by atoms with Crippen LogP contribution >= 0.6 is 0 Å². The van der Waals surface area contributed by atoms with E-state index in [0.29, 0.717) is 13.2 Å². The maximum absolute atomic E-state index is 13.3. The number of rotatable bonds is 6. The lowest BCUT2D eigenvalue weighted by molar-refractivity contribution is 0.176. The van der Waals surface area contributed by atoms with E-state index in [1.165, 1.54) is 17.7 Å². The molecule has 0 amide bonds. The average molecular weight is 377 g/mol. The lowest BCUT2D eigenvalue weighted by Crippen LogP contribution is -2.38. The maximum Gasteiger partial charge on any atom is 0.159 e. The molecule has 0 bridgehead atoms. The van der Waals surface area contributed by atoms with Crippen molar-refractivity contribution >= 4 is 0 Å². The fraction of sp³-hybridized carbons (Fsp3) is 0.304. The van der Waals surface area contributed by atoms with Crippen molar-refractivity contribution in [3.05, 3.63) is 83.4 Å². The molecule has 0 aliphatic carbocycles. The summed E-state index contributed by atoms with van der Waals surface area (Å²) in [7, 11) is 0. The number of hydrogen-bond acceptors (Lipinski definition) is 4. The lowest BCUT2D eigenvalue weighted by atomic mass is 9.79. The molecule has 28 heavy (non-hydrogen) atoms. The van der Waals surface area contributed by atoms with Crippen molar-refractivity contribution in [1.29, 1.82) is 0 Å². The van der Waals surface area contributed by atoms with Crippen LogP contribution < -0.4 is 5.32 Å². The Kier molecular flexibility index (Phi) is 5.46. The van der Waals surface area contributed by atoms with Crippen LogP contribution in [0.25, 0.3) is 11.4 Å². The minimum Gasteiger partial charge on any atom is -0.380 e. The molecule has 0 spiro atoms. The molecule has 0 radical (unpaired) electrons. The molecule has 5 heteroatoms. The van der Waals surface area contributed by atoms with Crippen LogP contribution in [0.1, 0.15) is 23.1 Å². The molecular weight excluding hydrogens is 353 g/mol. The van der Waals surface area contributed by atoms with Gasteiger partial charge in [0.2, 0.25) is 0 Å². The number of ether oxygens (including phenoxy) is 1. The van der Waals surface area contributed by atoms with E-state index in [0.717, 1.165) is 42.1 Å². The predicted octanol–water partition coefficient (Wildman–Crippen LogP) is 4.04. The number of halogens is 1. The van der Waals surface area contributed by atoms with Crippen molar-refractivity contribution in [2.45, 2.75) is 25.3 Å². The van der Waals surface area contributed by atoms with Crippen LogP contribution in [0.5, 0.6) is 0 Å². The van der Waals surface area contributed by atoms with Crippen molar-refractivity contribution in [2.24, 2.45) is 0 Å². The molecule has 1 fully saturated rings. The number of nitrogens with one attached hydrogen (secondary N) is 1. The Labute approximate surface area is 164 Å². The Morgan fingerprint density at radius 1 is 1.11 bits per heavy atom. The molecule has 4 rings (SSSR count). The van der Waals surface area contributed by atoms with Crippen molar-refractivity contribution in [3.63, 3.8) is 0 Å². The van der Waals surface area contributed by atoms with Crippen LogP contribution in [0.2, 0.25) is 0 Å². The van der Waals surface area contributed by atoms with E-state index in [2.05, 4.69) is 34.3 Å². The zero-order valence-electron chi connectivity index (χ0n) is 16.0. The van der Waals surface area contributed by atoms with Gasteiger partial charge in [-0.15, -0.1) is 0 Å². The topological polar surface area (TPSA) is 47.0 Å². The van der Waals surface area contributed by atoms with Crippen molar-refractivity contribution in [3.8, 4) is 11.4 Å². The van der Waals surface area contributed by atoms with Gasteiger partial charge < -0.3 is 10.1 Å². The molecule has 2 heterocycles. The predicted molar refractivity (Wildman–Crippen MR) is 107 cm³/mol. The standard InChI is InChI=1S/C23H24FN3O/c1-17-3-2-4-19(11-17)22-26-13-18(14-27-22)12-25-15-23(9-10-28-16-23)20-5-7-21(24)8-6-20/h2-8,11,13-14,25H,9-10,12,15-16H2,1H3. The largest absolute Gasteiger partial charge is 0.380 e. The van der Waals surface area contributed by atoms with Gasteiger partial charge >= 0.3 is 0 Å². The summed E-state index contributed by atoms with van der Waals surface area (Å²) in [5, 5.41) is 3.51. The molecule has 1 saturated heterocycles. The van der Waals surface area contributed by atoms with E-state index in [1.54, 1.807) is 0 Å². The summed E-state index contributed by atoms with van der Waals surface area (Å²) < 4.78 is 19.0. The Balaban J connectivity index is 1.40. The lowest BCUT2D eigenvalue weighted by Gasteiger charge is -2.28. The first-order valence-electron chi connectivity index (χ1n) is 9.57. The minimum atomic E-state index is -0.211. The van der Waals surface area contributed by atoms with E-state index < -0.39 is 0 Å². The number of nitrogens with zero attached hydrogens (tertiary/aromatic N) is 2. The number of aromatic nitrogens is 2. The number of hydrogen-bond donors (Lipinski definition) is 1. The first-order valence-corrected chi connectivity index (χ1v) is 9.57. The maximum atomic E-state index is 13.3. The van der Waals surface area contributed by atoms with Gasteiger partial charge in [-0.2, -0.15) is 0 Å². The molecule has 1 aliphatic heterocycles. The second-order valence-corrected chi connectivity index (χ2v) is 7.48. The third kappa shape index (κ3) is 4.11. The summed E-state index contributed by atoms with van der Waals surface area (Å²) in [6.45, 7) is 4.88. The van der Waals surface area contributed by atoms with Gasteiger partial charge in [-0.05, 0) is 37.1 Å². The van der Waals surface area contributed by atoms with E-state index in [9.17, 15) is 4.39 Å². The van der Waals surface area contributed by atoms with Gasteiger partial charge in [0.15, 0.2) is 5.82 Å². The first-order chi connectivity index (χ1) is 13.6. The van der Waals surface area contributed by atoms with Gasteiger partial charge in [0.05, 0.1) is 6.61 Å². The third-order valence-electron chi connectivity index (χ3n) is 5.33. The summed E-state index contributed by atoms with van der Waals surface area (Å²) in [5.41, 5.74) is 4.25. The highest BCUT2D eigenvalue weighted by Gasteiger charge is 2.36. The van der Waals surface area contributed by atoms with Gasteiger partial charge in [-0.25, -0.2) is 14.4 Å². The molecule has 144 valence electrons. The summed E-state index contributed by atoms with van der Waals surface area (Å²) in [5.74, 6) is 0.524. The molecule has 0 saturated carbocycles. The Morgan fingerprint density at radius 2 is 1.89 bits per heavy atom. The van der Waals surface area contributed by atoms with Gasteiger partial charge in [0.25, 0.3) is 0 Å². The highest BCUT2D eigenvalue weighted by molar-refractivity contribution is 5.55. The molecular formula is C23H24FN3O. The Hall–Kier alpha value is -2.63. The summed E-state index contributed by atoms with van der Waals surface area (Å²) in [6, 6.07) is 15.0. The Morgan fingerprint density at radius 3 is 2.57 bits per heavy atom. The fourth-order valence-corrected chi connectivity index (χ4v) is 3.71. The van der Waals surface area contributed by atoms with Crippen molar-refractivity contribution in [2.75, 3.05) is 19.8 Å². The molecule has 1 aromatic heterocycles. The van der Waals surface area contributed by atoms with Gasteiger partial charge in [0, 0.05) is 48.6 Å². The van der Waals surface area contributed by atoms with Crippen LogP contribution in [0.3, 0.4) is 0 Å². The van der Waals surface area contributed by atoms with Crippen molar-refractivity contribution < 1.29 is 9.13 Å². The molecule has 3 aromatic rings. The zero-order chi connectivity index (χ0) is 19.4. The third-order valence-corrected chi connectivity index (χ3v) is 5.33. The van der Waals surface area contributed by atoms with Crippen LogP contribution in [0, 0.1) is 12.7 Å². The normalized spacial score (nSPS) is 19.1. The second-order valence-electron chi connectivity index (χ2n) is 7.48. The van der Waals surface area contributed by atoms with E-state index >= 15 is 0 Å². The van der Waals surface area contributed by atoms with E-state index in [1.807, 2.05) is 36.7 Å². The van der Waals surface area contributed by atoms with Crippen molar-refractivity contribution in [1.82, 2.24) is 15.3 Å². The summed E-state index contributed by atoms with van der Waals surface area (Å²) in [4.78, 5) is 9.02. The summed E-state index contributed by atoms with van der Waals surface area (Å²) in [6.07, 6.45) is 4.66. The van der Waals surface area contributed by atoms with Crippen LogP contribution in [0.15, 0.2) is 60.9 Å². The molecule has 1 N–H and O–H groups in total. The smallest absolute Gasteiger partial charge is 0.159 e. The quantitative estimate of drug-likeness (QED) is 0.704. The fourth-order valence-electron chi connectivity index (χ4n) is 3.71. The number of aryl methyl sites for hydroxylation is 1. The molecule has 4 nitrogen and oxygen atoms in total. The first kappa shape index (κ1) is 18.7. The van der Waals surface area contributed by atoms with E-state index in [-0.39, 0.29) is 11.2 Å². The van der Waals surface area contributed by atoms with Crippen LogP contribution in [-0.4, -0.2) is 29.7 Å². The monoisotopic (exact) mass is 377 g/mol. The van der Waals surface area contributed by atoms with Crippen LogP contribution in [0.4, 0.5) is 4.39 Å². The highest BCUT2D eigenvalue weighted by atomic mass is 19.1. The molecule has 1 atom stereocenters. The summed E-state index contributed by atoms with van der Waals surface area (Å²) >= 11 is 0. The van der Waals surface area contributed by atoms with Crippen LogP contribution in [-0.2, 0) is 16.7 Å². The van der Waals surface area contributed by atoms with E-state index in [4.69, 9.17) is 4.74 Å². The molecule has 2 aromatic carbocycles. The zero-order valence-corrected chi connectivity index (χ0v) is 16.0. The number of benzene rings is 2. The molecule has 1 unspecified atom stereocenters. The molecule has 1 aliphatic rings. The Bertz CT molecular complexity index is 919. The van der Waals surface area contributed by atoms with Gasteiger partial charge in [-0.1, -0.05) is 35.9 Å². The second kappa shape index (κ2) is 8.17. The van der Waals surface area contributed by atoms with Gasteiger partial charge in [0.1, 0.15) is 5.82 Å². The van der Waals surface area contributed by atoms with Gasteiger partial charge in [-0.3, -0.25) is 0 Å². The minimum absolute atomic E-state index is 0.115. The average Bonchev–Trinajstić information content (AvgIpc) is 3.19.